The quantitative estimate of drug-likeness (QED) is 0.0441. The van der Waals surface area contributed by atoms with E-state index in [1.54, 1.807) is 42.0 Å². The van der Waals surface area contributed by atoms with Gasteiger partial charge in [0.25, 0.3) is 0 Å². The Morgan fingerprint density at radius 3 is 1.78 bits per heavy atom. The largest absolute Gasteiger partial charge is 0.453 e. The fraction of sp³-hybridized carbons (Fsp3) is 0.528. The topological polar surface area (TPSA) is 231 Å². The van der Waals surface area contributed by atoms with Gasteiger partial charge in [-0.2, -0.15) is 40.2 Å². The van der Waals surface area contributed by atoms with Crippen LogP contribution in [0.4, 0.5) is 59.4 Å². The van der Waals surface area contributed by atoms with Crippen LogP contribution in [0.2, 0.25) is 0 Å². The first kappa shape index (κ1) is 62.9. The minimum absolute atomic E-state index is 0.0977. The van der Waals surface area contributed by atoms with Gasteiger partial charge >= 0.3 is 31.1 Å². The first-order valence-corrected chi connectivity index (χ1v) is 25.5. The maximum Gasteiger partial charge on any atom is 0.407 e. The molecule has 3 fully saturated rings. The number of carbonyl (C=O) groups is 4. The maximum atomic E-state index is 15.1. The number of benzene rings is 2. The fourth-order valence-corrected chi connectivity index (χ4v) is 9.47. The van der Waals surface area contributed by atoms with Crippen LogP contribution in [0.1, 0.15) is 88.6 Å². The second-order valence-corrected chi connectivity index (χ2v) is 20.9. The van der Waals surface area contributed by atoms with E-state index in [4.69, 9.17) is 5.73 Å². The summed E-state index contributed by atoms with van der Waals surface area (Å²) in [5, 5.41) is 23.8. The third-order valence-electron chi connectivity index (χ3n) is 14.8. The Morgan fingerprint density at radius 2 is 1.30 bits per heavy atom. The number of methoxy groups -OCH3 is 2. The molecule has 1 saturated carbocycles. The molecule has 2 aromatic carbocycles. The highest BCUT2D eigenvalue weighted by Gasteiger charge is 2.57. The molecular formula is C53H63F10N11O7. The summed E-state index contributed by atoms with van der Waals surface area (Å²) in [6.45, 7) is 0.894. The number of alkyl carbamates (subject to hydrolysis) is 2. The van der Waals surface area contributed by atoms with Gasteiger partial charge < -0.3 is 46.5 Å². The molecule has 2 aromatic heterocycles. The van der Waals surface area contributed by atoms with E-state index in [-0.39, 0.29) is 17.7 Å². The Morgan fingerprint density at radius 1 is 0.765 bits per heavy atom. The van der Waals surface area contributed by atoms with Crippen molar-refractivity contribution in [1.29, 1.82) is 0 Å². The molecule has 4 amide bonds. The Labute approximate surface area is 459 Å². The number of carbonyl (C=O) groups excluding carboxylic acids is 4. The van der Waals surface area contributed by atoms with Crippen molar-refractivity contribution in [1.82, 2.24) is 45.9 Å². The summed E-state index contributed by atoms with van der Waals surface area (Å²) < 4.78 is 146. The number of primary amides is 1. The predicted octanol–water partition coefficient (Wildman–Crippen LogP) is 6.89. The molecule has 0 radical (unpaired) electrons. The molecule has 7 N–H and O–H groups in total. The first-order valence-electron chi connectivity index (χ1n) is 25.5. The SMILES string of the molecule is COC(=O)N[C@H](C(=O)N[C@@H](Cc1ccc(C#Cc2cnc(N3CC4CCC(C3)N4C3CCC3)nc2)cc1)[C@@H](O)CNCc1c(F)cc(-c2ccn(C(F)F)n2)cc1F)C(C)(C)C(F)(F)F.COC(=O)N[C@H](C(N)=O)C(C)(C)C(F)(F)F. The molecule has 1 aliphatic carbocycles. The predicted molar refractivity (Wildman–Crippen MR) is 273 cm³/mol. The van der Waals surface area contributed by atoms with Gasteiger partial charge in [-0.25, -0.2) is 33.0 Å². The van der Waals surface area contributed by atoms with E-state index >= 15 is 8.78 Å². The molecule has 6 atom stereocenters. The van der Waals surface area contributed by atoms with E-state index in [0.29, 0.717) is 45.4 Å². The molecule has 2 bridgehead atoms. The van der Waals surface area contributed by atoms with Gasteiger partial charge in [0.2, 0.25) is 17.8 Å². The highest BCUT2D eigenvalue weighted by atomic mass is 19.4. The number of hydrogen-bond donors (Lipinski definition) is 6. The number of nitrogens with zero attached hydrogens (tertiary/aromatic N) is 6. The molecule has 2 saturated heterocycles. The number of aliphatic hydroxyl groups excluding tert-OH is 1. The van der Waals surface area contributed by atoms with Crippen molar-refractivity contribution in [2.45, 2.75) is 134 Å². The number of aliphatic hydroxyl groups is 1. The minimum atomic E-state index is -4.98. The summed E-state index contributed by atoms with van der Waals surface area (Å²) >= 11 is 0. The lowest BCUT2D eigenvalue weighted by Crippen LogP contribution is -2.62. The number of hydrogen-bond acceptors (Lipinski definition) is 13. The number of ether oxygens (including phenoxy) is 2. The maximum absolute atomic E-state index is 15.1. The van der Waals surface area contributed by atoms with Crippen LogP contribution < -0.4 is 31.9 Å². The van der Waals surface area contributed by atoms with Crippen LogP contribution in [0.25, 0.3) is 11.3 Å². The number of nitrogens with two attached hydrogens (primary N) is 1. The van der Waals surface area contributed by atoms with Crippen molar-refractivity contribution >= 4 is 29.9 Å². The highest BCUT2D eigenvalue weighted by Crippen LogP contribution is 2.42. The lowest BCUT2D eigenvalue weighted by atomic mass is 9.82. The number of nitrogens with one attached hydrogen (secondary N) is 4. The average Bonchev–Trinajstić information content (AvgIpc) is 3.98. The second-order valence-electron chi connectivity index (χ2n) is 20.9. The molecule has 442 valence electrons. The van der Waals surface area contributed by atoms with Gasteiger partial charge in [0, 0.05) is 79.6 Å². The van der Waals surface area contributed by atoms with Crippen molar-refractivity contribution in [3.8, 4) is 23.1 Å². The van der Waals surface area contributed by atoms with Gasteiger partial charge in [-0.05, 0) is 95.7 Å². The summed E-state index contributed by atoms with van der Waals surface area (Å²) in [7, 11) is 1.89. The van der Waals surface area contributed by atoms with Gasteiger partial charge in [-0.15, -0.1) is 0 Å². The van der Waals surface area contributed by atoms with Crippen LogP contribution in [0, 0.1) is 34.3 Å². The molecule has 18 nitrogen and oxygen atoms in total. The molecule has 2 unspecified atom stereocenters. The standard InChI is InChI=1S/C45H50F7N9O4.C8H13F3N2O3/c1-44(2,45(50,51)52)39(57-43(64)65-3)40(63)56-37(38(62)23-53-22-33-34(46)18-29(19-35(33)47)36-15-16-60(58-36)41(48)49)17-27-10-7-26(8-11-27)9-12-28-20-54-42(55-21-28)59-24-31-13-14-32(25-59)61(31)30-5-4-6-30;1-7(2,8(9,10)11)4(5(12)14)13-6(15)16-3/h7-8,10-11,15-16,18-21,30-32,37-39,41,53,62H,4-6,13-14,17,22-25H2,1-3H3,(H,56,63)(H,57,64);4H,1-3H3,(H2,12,14)(H,13,15)/t31?,32?,37-,38-,39+;4-/m01/s1. The van der Waals surface area contributed by atoms with E-state index in [1.165, 1.54) is 38.2 Å². The van der Waals surface area contributed by atoms with Crippen LogP contribution in [0.15, 0.2) is 61.1 Å². The third kappa shape index (κ3) is 15.4. The Balaban J connectivity index is 0.000000574. The Bertz CT molecular complexity index is 2860. The van der Waals surface area contributed by atoms with Gasteiger partial charge in [-0.3, -0.25) is 14.5 Å². The Kier molecular flexibility index (Phi) is 20.3. The van der Waals surface area contributed by atoms with Crippen LogP contribution in [-0.4, -0.2) is 142 Å². The van der Waals surface area contributed by atoms with Crippen LogP contribution in [0.3, 0.4) is 0 Å². The molecular weight excluding hydrogens is 1090 g/mol. The van der Waals surface area contributed by atoms with E-state index in [2.05, 4.69) is 56.8 Å². The van der Waals surface area contributed by atoms with Crippen LogP contribution in [0.5, 0.6) is 0 Å². The smallest absolute Gasteiger partial charge is 0.407 e. The van der Waals surface area contributed by atoms with Crippen molar-refractivity contribution < 1.29 is 77.7 Å². The Hall–Kier alpha value is -7.25. The number of fused-ring (bicyclic) bond motifs is 2. The fourth-order valence-electron chi connectivity index (χ4n) is 9.47. The van der Waals surface area contributed by atoms with E-state index in [9.17, 15) is 59.4 Å². The van der Waals surface area contributed by atoms with Crippen molar-refractivity contribution in [3.63, 3.8) is 0 Å². The number of aromatic nitrogens is 4. The van der Waals surface area contributed by atoms with Crippen LogP contribution in [-0.2, 0) is 32.0 Å². The van der Waals surface area contributed by atoms with Crippen molar-refractivity contribution in [2.75, 3.05) is 38.8 Å². The summed E-state index contributed by atoms with van der Waals surface area (Å²) in [4.78, 5) is 61.7. The summed E-state index contributed by atoms with van der Waals surface area (Å²) in [6.07, 6.45) is -3.26. The monoisotopic (exact) mass is 1160 g/mol. The van der Waals surface area contributed by atoms with E-state index in [1.807, 2.05) is 5.32 Å². The average molecular weight is 1160 g/mol. The van der Waals surface area contributed by atoms with Crippen molar-refractivity contribution in [3.05, 3.63) is 94.9 Å². The summed E-state index contributed by atoms with van der Waals surface area (Å²) in [5.74, 6) is 2.12. The highest BCUT2D eigenvalue weighted by molar-refractivity contribution is 5.87. The van der Waals surface area contributed by atoms with E-state index < -0.39 is 108 Å². The molecule has 81 heavy (non-hydrogen) atoms. The number of piperazine rings is 1. The van der Waals surface area contributed by atoms with Gasteiger partial charge in [0.15, 0.2) is 0 Å². The molecule has 7 rings (SSSR count). The minimum Gasteiger partial charge on any atom is -0.453 e. The number of halogens is 10. The van der Waals surface area contributed by atoms with Crippen molar-refractivity contribution in [2.24, 2.45) is 16.6 Å². The third-order valence-corrected chi connectivity index (χ3v) is 14.8. The first-order chi connectivity index (χ1) is 37.9. The zero-order chi connectivity index (χ0) is 59.8. The number of rotatable bonds is 18. The van der Waals surface area contributed by atoms with Gasteiger partial charge in [0.1, 0.15) is 23.7 Å². The van der Waals surface area contributed by atoms with Gasteiger partial charge in [-0.1, -0.05) is 30.4 Å². The molecule has 2 aliphatic heterocycles. The number of alkyl halides is 8. The molecule has 4 heterocycles. The normalized spacial score (nSPS) is 18.2. The molecule has 4 aromatic rings. The summed E-state index contributed by atoms with van der Waals surface area (Å²) in [5.41, 5.74) is 0.574. The van der Waals surface area contributed by atoms with Gasteiger partial charge in [0.05, 0.1) is 48.5 Å². The zero-order valence-corrected chi connectivity index (χ0v) is 44.9. The lowest BCUT2D eigenvalue weighted by molar-refractivity contribution is -0.220. The zero-order valence-electron chi connectivity index (χ0n) is 44.9. The summed E-state index contributed by atoms with van der Waals surface area (Å²) in [6, 6.07) is 6.00. The molecule has 28 heteroatoms. The lowest BCUT2D eigenvalue weighted by Gasteiger charge is -2.48. The molecule has 0 spiro atoms. The second kappa shape index (κ2) is 26.1. The van der Waals surface area contributed by atoms with Crippen LogP contribution >= 0.6 is 0 Å². The number of anilines is 1. The van der Waals surface area contributed by atoms with E-state index in [0.717, 1.165) is 73.3 Å². The molecule has 3 aliphatic rings. The number of amides is 4.